The molecule has 1 heterocycles. The number of methoxy groups -OCH3 is 1. The number of fused-ring (bicyclic) bond motifs is 2. The fraction of sp³-hybridized carbons (Fsp3) is 0.0500. The second kappa shape index (κ2) is 6.30. The van der Waals surface area contributed by atoms with Crippen LogP contribution in [0.3, 0.4) is 0 Å². The normalized spacial score (nSPS) is 11.0. The van der Waals surface area contributed by atoms with E-state index >= 15 is 0 Å². The third-order valence-corrected chi connectivity index (χ3v) is 5.96. The van der Waals surface area contributed by atoms with Gasteiger partial charge in [0, 0.05) is 30.0 Å². The van der Waals surface area contributed by atoms with Crippen molar-refractivity contribution in [3.8, 4) is 5.75 Å². The Labute approximate surface area is 147 Å². The van der Waals surface area contributed by atoms with E-state index in [1.54, 1.807) is 30.2 Å². The van der Waals surface area contributed by atoms with Crippen LogP contribution in [-0.4, -0.2) is 7.11 Å². The molecular formula is C20H14O2S2. The van der Waals surface area contributed by atoms with Crippen molar-refractivity contribution in [3.05, 3.63) is 77.0 Å². The van der Waals surface area contributed by atoms with Crippen molar-refractivity contribution < 1.29 is 4.74 Å². The summed E-state index contributed by atoms with van der Waals surface area (Å²) in [5.74, 6) is 0.832. The molecule has 4 rings (SSSR count). The van der Waals surface area contributed by atoms with Gasteiger partial charge in [-0.2, -0.15) is 0 Å². The molecule has 0 aliphatic rings. The molecule has 1 aromatic heterocycles. The fourth-order valence-corrected chi connectivity index (χ4v) is 4.61. The Hall–Kier alpha value is -2.30. The van der Waals surface area contributed by atoms with Crippen molar-refractivity contribution in [3.63, 3.8) is 0 Å². The third-order valence-electron chi connectivity index (χ3n) is 3.82. The molecule has 2 nitrogen and oxygen atoms in total. The van der Waals surface area contributed by atoms with Gasteiger partial charge >= 0.3 is 0 Å². The Morgan fingerprint density at radius 1 is 0.833 bits per heavy atom. The van der Waals surface area contributed by atoms with Crippen LogP contribution in [-0.2, 0) is 0 Å². The Balaban J connectivity index is 1.81. The second-order valence-electron chi connectivity index (χ2n) is 5.37. The van der Waals surface area contributed by atoms with Crippen LogP contribution in [0.25, 0.3) is 20.2 Å². The molecule has 0 spiro atoms. The maximum atomic E-state index is 12.8. The van der Waals surface area contributed by atoms with E-state index in [0.717, 1.165) is 35.7 Å². The first-order chi connectivity index (χ1) is 11.7. The van der Waals surface area contributed by atoms with Gasteiger partial charge in [0.2, 0.25) is 0 Å². The van der Waals surface area contributed by atoms with Crippen LogP contribution in [0, 0.1) is 0 Å². The first-order valence-corrected chi connectivity index (χ1v) is 9.15. The summed E-state index contributed by atoms with van der Waals surface area (Å²) < 4.78 is 7.32. The van der Waals surface area contributed by atoms with Crippen LogP contribution >= 0.6 is 23.1 Å². The predicted molar refractivity (Wildman–Crippen MR) is 103 cm³/mol. The summed E-state index contributed by atoms with van der Waals surface area (Å²) in [6, 6.07) is 21.8. The lowest BCUT2D eigenvalue weighted by Crippen LogP contribution is -2.00. The minimum Gasteiger partial charge on any atom is -0.497 e. The lowest BCUT2D eigenvalue weighted by atomic mass is 10.2. The molecule has 0 aliphatic heterocycles. The van der Waals surface area contributed by atoms with Crippen LogP contribution in [0.2, 0.25) is 0 Å². The molecule has 24 heavy (non-hydrogen) atoms. The smallest absolute Gasteiger partial charge is 0.195 e. The number of benzene rings is 3. The highest BCUT2D eigenvalue weighted by Crippen LogP contribution is 2.33. The average Bonchev–Trinajstić information content (AvgIpc) is 2.63. The van der Waals surface area contributed by atoms with E-state index in [-0.39, 0.29) is 5.43 Å². The summed E-state index contributed by atoms with van der Waals surface area (Å²) in [5.41, 5.74) is 0.104. The molecule has 4 heteroatoms. The SMILES string of the molecule is COc1cccc(Sc2ccc3sc4ccccc4c(=O)c3c2)c1. The molecule has 0 fully saturated rings. The van der Waals surface area contributed by atoms with E-state index in [0.29, 0.717) is 0 Å². The highest BCUT2D eigenvalue weighted by molar-refractivity contribution is 7.99. The molecule has 0 amide bonds. The van der Waals surface area contributed by atoms with Crippen molar-refractivity contribution in [1.82, 2.24) is 0 Å². The largest absolute Gasteiger partial charge is 0.497 e. The van der Waals surface area contributed by atoms with E-state index in [1.807, 2.05) is 60.7 Å². The number of hydrogen-bond donors (Lipinski definition) is 0. The molecule has 118 valence electrons. The summed E-state index contributed by atoms with van der Waals surface area (Å²) in [4.78, 5) is 14.9. The van der Waals surface area contributed by atoms with Gasteiger partial charge in [0.25, 0.3) is 0 Å². The van der Waals surface area contributed by atoms with Gasteiger partial charge in [-0.1, -0.05) is 30.0 Å². The minimum absolute atomic E-state index is 0.104. The van der Waals surface area contributed by atoms with Crippen molar-refractivity contribution in [2.45, 2.75) is 9.79 Å². The minimum atomic E-state index is 0.104. The maximum absolute atomic E-state index is 12.8. The lowest BCUT2D eigenvalue weighted by molar-refractivity contribution is 0.413. The number of ether oxygens (including phenoxy) is 1. The molecule has 0 atom stereocenters. The van der Waals surface area contributed by atoms with E-state index in [4.69, 9.17) is 4.74 Å². The Morgan fingerprint density at radius 2 is 1.62 bits per heavy atom. The molecule has 0 radical (unpaired) electrons. The quantitative estimate of drug-likeness (QED) is 0.452. The Bertz CT molecular complexity index is 1100. The molecule has 0 saturated heterocycles. The fourth-order valence-electron chi connectivity index (χ4n) is 2.65. The number of rotatable bonds is 3. The van der Waals surface area contributed by atoms with Gasteiger partial charge in [-0.05, 0) is 48.5 Å². The molecular weight excluding hydrogens is 336 g/mol. The molecule has 0 saturated carbocycles. The molecule has 0 unspecified atom stereocenters. The van der Waals surface area contributed by atoms with Crippen molar-refractivity contribution in [2.24, 2.45) is 0 Å². The zero-order valence-corrected chi connectivity index (χ0v) is 14.6. The van der Waals surface area contributed by atoms with Crippen LogP contribution < -0.4 is 10.2 Å². The predicted octanol–water partition coefficient (Wildman–Crippen LogP) is 5.57. The van der Waals surface area contributed by atoms with Crippen LogP contribution in [0.5, 0.6) is 5.75 Å². The zero-order valence-electron chi connectivity index (χ0n) is 13.0. The topological polar surface area (TPSA) is 26.3 Å². The van der Waals surface area contributed by atoms with Gasteiger partial charge in [-0.3, -0.25) is 4.79 Å². The van der Waals surface area contributed by atoms with Crippen LogP contribution in [0.4, 0.5) is 0 Å². The molecule has 3 aromatic carbocycles. The van der Waals surface area contributed by atoms with Gasteiger partial charge in [0.15, 0.2) is 5.43 Å². The van der Waals surface area contributed by atoms with E-state index in [2.05, 4.69) is 6.07 Å². The summed E-state index contributed by atoms with van der Waals surface area (Å²) in [5, 5.41) is 1.57. The summed E-state index contributed by atoms with van der Waals surface area (Å²) in [7, 11) is 1.66. The van der Waals surface area contributed by atoms with Crippen molar-refractivity contribution in [1.29, 1.82) is 0 Å². The monoisotopic (exact) mass is 350 g/mol. The van der Waals surface area contributed by atoms with Crippen LogP contribution in [0.15, 0.2) is 81.3 Å². The molecule has 4 aromatic rings. The first kappa shape index (κ1) is 15.2. The molecule has 0 aliphatic carbocycles. The molecule has 0 bridgehead atoms. The highest BCUT2D eigenvalue weighted by atomic mass is 32.2. The van der Waals surface area contributed by atoms with E-state index < -0.39 is 0 Å². The third kappa shape index (κ3) is 2.79. The summed E-state index contributed by atoms with van der Waals surface area (Å²) >= 11 is 3.29. The molecule has 0 N–H and O–H groups in total. The average molecular weight is 350 g/mol. The maximum Gasteiger partial charge on any atom is 0.195 e. The Morgan fingerprint density at radius 3 is 2.50 bits per heavy atom. The van der Waals surface area contributed by atoms with Gasteiger partial charge in [0.1, 0.15) is 5.75 Å². The van der Waals surface area contributed by atoms with Gasteiger partial charge in [-0.25, -0.2) is 0 Å². The van der Waals surface area contributed by atoms with Crippen LogP contribution in [0.1, 0.15) is 0 Å². The standard InChI is InChI=1S/C20H14O2S2/c1-22-13-5-4-6-14(11-13)23-15-9-10-19-17(12-15)20(21)16-7-2-3-8-18(16)24-19/h2-12H,1H3. The summed E-state index contributed by atoms with van der Waals surface area (Å²) in [6.45, 7) is 0. The lowest BCUT2D eigenvalue weighted by Gasteiger charge is -2.06. The first-order valence-electron chi connectivity index (χ1n) is 7.52. The number of hydrogen-bond acceptors (Lipinski definition) is 4. The van der Waals surface area contributed by atoms with E-state index in [1.165, 1.54) is 0 Å². The van der Waals surface area contributed by atoms with E-state index in [9.17, 15) is 4.79 Å². The zero-order chi connectivity index (χ0) is 16.5. The Kier molecular flexibility index (Phi) is 4.00. The van der Waals surface area contributed by atoms with Gasteiger partial charge < -0.3 is 4.74 Å². The van der Waals surface area contributed by atoms with Gasteiger partial charge in [-0.15, -0.1) is 11.3 Å². The highest BCUT2D eigenvalue weighted by Gasteiger charge is 2.07. The summed E-state index contributed by atoms with van der Waals surface area (Å²) in [6.07, 6.45) is 0. The van der Waals surface area contributed by atoms with Crippen molar-refractivity contribution >= 4 is 43.3 Å². The second-order valence-corrected chi connectivity index (χ2v) is 7.60. The van der Waals surface area contributed by atoms with Crippen molar-refractivity contribution in [2.75, 3.05) is 7.11 Å². The van der Waals surface area contributed by atoms with Gasteiger partial charge in [0.05, 0.1) is 7.11 Å².